The zero-order chi connectivity index (χ0) is 21.9. The summed E-state index contributed by atoms with van der Waals surface area (Å²) in [5, 5.41) is 0. The summed E-state index contributed by atoms with van der Waals surface area (Å²) in [6.07, 6.45) is 21.7. The third-order valence-electron chi connectivity index (χ3n) is 5.30. The minimum absolute atomic E-state index is 0. The van der Waals surface area contributed by atoms with Crippen LogP contribution in [0.1, 0.15) is 102 Å². The first kappa shape index (κ1) is 29.7. The van der Waals surface area contributed by atoms with E-state index < -0.39 is 0 Å². The minimum Gasteiger partial charge on any atom is -0.427 e. The van der Waals surface area contributed by atoms with Crippen molar-refractivity contribution in [3.8, 4) is 5.75 Å². The summed E-state index contributed by atoms with van der Waals surface area (Å²) >= 11 is 0. The summed E-state index contributed by atoms with van der Waals surface area (Å²) in [5.41, 5.74) is 1.22. The highest BCUT2D eigenvalue weighted by atomic mass is 35.5. The maximum Gasteiger partial charge on any atom is 0.311 e. The number of nitrogens with zero attached hydrogens (tertiary/aromatic N) is 1. The highest BCUT2D eigenvalue weighted by molar-refractivity contribution is 5.85. The number of ether oxygens (including phenoxy) is 1. The molecule has 0 atom stereocenters. The van der Waals surface area contributed by atoms with Crippen LogP contribution in [-0.4, -0.2) is 25.0 Å². The van der Waals surface area contributed by atoms with Crippen LogP contribution in [0.2, 0.25) is 0 Å². The maximum atomic E-state index is 12.0. The Kier molecular flexibility index (Phi) is 19.7. The normalized spacial score (nSPS) is 11.1. The molecule has 0 spiro atoms. The lowest BCUT2D eigenvalue weighted by Crippen LogP contribution is -2.11. The predicted octanol–water partition coefficient (Wildman–Crippen LogP) is 8.11. The fraction of sp³-hybridized carbons (Fsp3) is 0.667. The Labute approximate surface area is 198 Å². The molecule has 0 amide bonds. The number of benzene rings is 1. The van der Waals surface area contributed by atoms with Crippen LogP contribution in [0.4, 0.5) is 0 Å². The maximum absolute atomic E-state index is 12.0. The molecule has 0 saturated heterocycles. The summed E-state index contributed by atoms with van der Waals surface area (Å²) in [4.78, 5) is 14.1. The van der Waals surface area contributed by atoms with Crippen molar-refractivity contribution in [1.82, 2.24) is 4.90 Å². The van der Waals surface area contributed by atoms with Crippen LogP contribution in [0, 0.1) is 0 Å². The third-order valence-corrected chi connectivity index (χ3v) is 5.30. The van der Waals surface area contributed by atoms with Gasteiger partial charge in [-0.15, -0.1) is 12.4 Å². The zero-order valence-electron chi connectivity index (χ0n) is 20.2. The van der Waals surface area contributed by atoms with Gasteiger partial charge in [-0.3, -0.25) is 4.79 Å². The molecule has 1 rings (SSSR count). The summed E-state index contributed by atoms with van der Waals surface area (Å²) < 4.78 is 5.43. The van der Waals surface area contributed by atoms with Crippen molar-refractivity contribution in [2.45, 2.75) is 103 Å². The fourth-order valence-electron chi connectivity index (χ4n) is 3.55. The molecule has 4 heteroatoms. The molecule has 31 heavy (non-hydrogen) atoms. The summed E-state index contributed by atoms with van der Waals surface area (Å²) in [7, 11) is 4.09. The molecule has 0 N–H and O–H groups in total. The molecule has 0 radical (unpaired) electrons. The molecule has 0 aromatic heterocycles. The van der Waals surface area contributed by atoms with E-state index in [1.54, 1.807) is 0 Å². The predicted molar refractivity (Wildman–Crippen MR) is 136 cm³/mol. The van der Waals surface area contributed by atoms with E-state index in [0.29, 0.717) is 12.2 Å². The molecule has 1 aromatic rings. The number of hydrogen-bond donors (Lipinski definition) is 0. The number of hydrogen-bond acceptors (Lipinski definition) is 3. The van der Waals surface area contributed by atoms with Gasteiger partial charge in [0, 0.05) is 13.0 Å². The van der Waals surface area contributed by atoms with E-state index in [0.717, 1.165) is 19.4 Å². The second-order valence-electron chi connectivity index (χ2n) is 8.69. The minimum atomic E-state index is -0.118. The number of esters is 1. The zero-order valence-corrected chi connectivity index (χ0v) is 21.1. The van der Waals surface area contributed by atoms with Crippen molar-refractivity contribution in [3.63, 3.8) is 0 Å². The van der Waals surface area contributed by atoms with Crippen molar-refractivity contribution in [2.75, 3.05) is 14.1 Å². The van der Waals surface area contributed by atoms with Crippen LogP contribution in [0.15, 0.2) is 36.4 Å². The smallest absolute Gasteiger partial charge is 0.311 e. The van der Waals surface area contributed by atoms with E-state index in [-0.39, 0.29) is 18.4 Å². The summed E-state index contributed by atoms with van der Waals surface area (Å²) in [5.74, 6) is 0.531. The van der Waals surface area contributed by atoms with Gasteiger partial charge in [0.2, 0.25) is 0 Å². The Bertz CT molecular complexity index is 569. The van der Waals surface area contributed by atoms with E-state index in [2.05, 4.69) is 24.0 Å². The quantitative estimate of drug-likeness (QED) is 0.0976. The molecule has 0 heterocycles. The standard InChI is InChI=1S/C27H45NO2.ClH/c1-4-5-6-7-8-9-10-11-12-13-14-15-16-17-18-19-27(29)30-26-22-20-25(21-23-26)24-28(2)3;/h11-12,20-23H,4-10,13-19,24H2,1-3H3;1H/b12-11-;. The van der Waals surface area contributed by atoms with Crippen molar-refractivity contribution in [3.05, 3.63) is 42.0 Å². The van der Waals surface area contributed by atoms with E-state index in [9.17, 15) is 4.79 Å². The van der Waals surface area contributed by atoms with Crippen molar-refractivity contribution in [2.24, 2.45) is 0 Å². The molecule has 178 valence electrons. The van der Waals surface area contributed by atoms with E-state index in [1.165, 1.54) is 76.2 Å². The monoisotopic (exact) mass is 451 g/mol. The Morgan fingerprint density at radius 1 is 0.806 bits per heavy atom. The lowest BCUT2D eigenvalue weighted by atomic mass is 10.1. The van der Waals surface area contributed by atoms with Gasteiger partial charge in [-0.1, -0.05) is 82.6 Å². The van der Waals surface area contributed by atoms with Gasteiger partial charge in [0.15, 0.2) is 0 Å². The van der Waals surface area contributed by atoms with E-state index in [1.807, 2.05) is 38.4 Å². The lowest BCUT2D eigenvalue weighted by molar-refractivity contribution is -0.134. The Hall–Kier alpha value is -1.32. The molecule has 0 bridgehead atoms. The highest BCUT2D eigenvalue weighted by Gasteiger charge is 2.05. The van der Waals surface area contributed by atoms with E-state index in [4.69, 9.17) is 4.74 Å². The SMILES string of the molecule is CCCCCCCC/C=C\CCCCCCCC(=O)Oc1ccc(CN(C)C)cc1.Cl. The molecule has 0 aliphatic carbocycles. The summed E-state index contributed by atoms with van der Waals surface area (Å²) in [6, 6.07) is 7.81. The van der Waals surface area contributed by atoms with E-state index >= 15 is 0 Å². The number of unbranched alkanes of at least 4 members (excludes halogenated alkanes) is 11. The van der Waals surface area contributed by atoms with Gasteiger partial charge >= 0.3 is 5.97 Å². The van der Waals surface area contributed by atoms with Crippen LogP contribution >= 0.6 is 12.4 Å². The van der Waals surface area contributed by atoms with Crippen LogP contribution < -0.4 is 4.74 Å². The van der Waals surface area contributed by atoms with Gasteiger partial charge in [0.25, 0.3) is 0 Å². The Balaban J connectivity index is 0.00000900. The highest BCUT2D eigenvalue weighted by Crippen LogP contribution is 2.15. The van der Waals surface area contributed by atoms with Gasteiger partial charge in [-0.2, -0.15) is 0 Å². The largest absolute Gasteiger partial charge is 0.427 e. The first-order valence-corrected chi connectivity index (χ1v) is 12.2. The summed E-state index contributed by atoms with van der Waals surface area (Å²) in [6.45, 7) is 3.16. The number of halogens is 1. The van der Waals surface area contributed by atoms with Crippen molar-refractivity contribution in [1.29, 1.82) is 0 Å². The van der Waals surface area contributed by atoms with Gasteiger partial charge in [0.05, 0.1) is 0 Å². The average Bonchev–Trinajstić information content (AvgIpc) is 2.72. The first-order chi connectivity index (χ1) is 14.6. The van der Waals surface area contributed by atoms with Gasteiger partial charge < -0.3 is 9.64 Å². The molecule has 0 aliphatic rings. The van der Waals surface area contributed by atoms with Crippen LogP contribution in [0.3, 0.4) is 0 Å². The van der Waals surface area contributed by atoms with Gasteiger partial charge in [-0.25, -0.2) is 0 Å². The number of rotatable bonds is 18. The Morgan fingerprint density at radius 3 is 1.87 bits per heavy atom. The van der Waals surface area contributed by atoms with Crippen molar-refractivity contribution < 1.29 is 9.53 Å². The molecule has 1 aromatic carbocycles. The molecule has 3 nitrogen and oxygen atoms in total. The molecule has 0 saturated carbocycles. The lowest BCUT2D eigenvalue weighted by Gasteiger charge is -2.10. The molecule has 0 aliphatic heterocycles. The van der Waals surface area contributed by atoms with Crippen LogP contribution in [0.5, 0.6) is 5.75 Å². The first-order valence-electron chi connectivity index (χ1n) is 12.2. The number of carbonyl (C=O) groups excluding carboxylic acids is 1. The molecule has 0 unspecified atom stereocenters. The molecular formula is C27H46ClNO2. The second kappa shape index (κ2) is 20.6. The second-order valence-corrected chi connectivity index (χ2v) is 8.69. The average molecular weight is 452 g/mol. The van der Waals surface area contributed by atoms with Crippen molar-refractivity contribution >= 4 is 18.4 Å². The third kappa shape index (κ3) is 18.0. The number of carbonyl (C=O) groups is 1. The molecule has 0 fully saturated rings. The number of allylic oxidation sites excluding steroid dienone is 2. The van der Waals surface area contributed by atoms with Crippen LogP contribution in [0.25, 0.3) is 0 Å². The Morgan fingerprint density at radius 2 is 1.32 bits per heavy atom. The topological polar surface area (TPSA) is 29.5 Å². The molecular weight excluding hydrogens is 406 g/mol. The van der Waals surface area contributed by atoms with Crippen LogP contribution in [-0.2, 0) is 11.3 Å². The van der Waals surface area contributed by atoms with Gasteiger partial charge in [0.1, 0.15) is 5.75 Å². The fourth-order valence-corrected chi connectivity index (χ4v) is 3.55. The van der Waals surface area contributed by atoms with Gasteiger partial charge in [-0.05, 0) is 63.9 Å².